The van der Waals surface area contributed by atoms with Crippen LogP contribution in [0.25, 0.3) is 0 Å². The van der Waals surface area contributed by atoms with E-state index in [2.05, 4.69) is 57.3 Å². The van der Waals surface area contributed by atoms with E-state index in [0.29, 0.717) is 11.8 Å². The van der Waals surface area contributed by atoms with Gasteiger partial charge in [0.15, 0.2) is 0 Å². The number of carbonyl (C=O) groups is 1. The summed E-state index contributed by atoms with van der Waals surface area (Å²) < 4.78 is 1.06. The largest absolute Gasteiger partial charge is 0.353 e. The lowest BCUT2D eigenvalue weighted by atomic mass is 10.0. The summed E-state index contributed by atoms with van der Waals surface area (Å²) in [4.78, 5) is 15.8. The van der Waals surface area contributed by atoms with Crippen molar-refractivity contribution in [2.24, 2.45) is 0 Å². The molecule has 0 aromatic heterocycles. The number of halogens is 1. The molecule has 1 aliphatic heterocycles. The average Bonchev–Trinajstić information content (AvgIpc) is 2.63. The highest BCUT2D eigenvalue weighted by Crippen LogP contribution is 2.21. The molecule has 0 saturated carbocycles. The SMILES string of the molecule is Cc1cccc(CN2CCC(NC(=O)CSc3ccc(Br)cc3)CC2)c1. The lowest BCUT2D eigenvalue weighted by Gasteiger charge is -2.32. The summed E-state index contributed by atoms with van der Waals surface area (Å²) in [7, 11) is 0. The summed E-state index contributed by atoms with van der Waals surface area (Å²) >= 11 is 5.01. The van der Waals surface area contributed by atoms with Gasteiger partial charge in [-0.1, -0.05) is 45.8 Å². The summed E-state index contributed by atoms with van der Waals surface area (Å²) in [5.74, 6) is 0.612. The Balaban J connectivity index is 1.38. The fourth-order valence-corrected chi connectivity index (χ4v) is 4.23. The van der Waals surface area contributed by atoms with Crippen LogP contribution in [0.2, 0.25) is 0 Å². The number of rotatable bonds is 6. The third-order valence-corrected chi connectivity index (χ3v) is 6.17. The maximum Gasteiger partial charge on any atom is 0.230 e. The van der Waals surface area contributed by atoms with E-state index in [0.717, 1.165) is 41.8 Å². The van der Waals surface area contributed by atoms with Crippen molar-refractivity contribution in [3.05, 3.63) is 64.1 Å². The topological polar surface area (TPSA) is 32.3 Å². The minimum Gasteiger partial charge on any atom is -0.353 e. The van der Waals surface area contributed by atoms with Gasteiger partial charge in [0, 0.05) is 35.0 Å². The van der Waals surface area contributed by atoms with Gasteiger partial charge in [0.1, 0.15) is 0 Å². The van der Waals surface area contributed by atoms with Crippen molar-refractivity contribution in [3.63, 3.8) is 0 Å². The third-order valence-electron chi connectivity index (χ3n) is 4.62. The number of hydrogen-bond acceptors (Lipinski definition) is 3. The van der Waals surface area contributed by atoms with Gasteiger partial charge >= 0.3 is 0 Å². The summed E-state index contributed by atoms with van der Waals surface area (Å²) in [6.45, 7) is 5.22. The lowest BCUT2D eigenvalue weighted by Crippen LogP contribution is -2.44. The Morgan fingerprint density at radius 2 is 1.92 bits per heavy atom. The molecule has 1 N–H and O–H groups in total. The fraction of sp³-hybridized carbons (Fsp3) is 0.381. The molecule has 2 aromatic carbocycles. The minimum atomic E-state index is 0.134. The van der Waals surface area contributed by atoms with Gasteiger partial charge in [-0.2, -0.15) is 0 Å². The molecule has 2 aromatic rings. The van der Waals surface area contributed by atoms with Crippen molar-refractivity contribution < 1.29 is 4.79 Å². The molecule has 26 heavy (non-hydrogen) atoms. The zero-order valence-corrected chi connectivity index (χ0v) is 17.5. The highest BCUT2D eigenvalue weighted by atomic mass is 79.9. The lowest BCUT2D eigenvalue weighted by molar-refractivity contribution is -0.119. The zero-order valence-electron chi connectivity index (χ0n) is 15.1. The molecule has 138 valence electrons. The Labute approximate surface area is 168 Å². The summed E-state index contributed by atoms with van der Waals surface area (Å²) in [6, 6.07) is 17.1. The Morgan fingerprint density at radius 1 is 1.19 bits per heavy atom. The Kier molecular flexibility index (Phi) is 7.17. The number of amides is 1. The second-order valence-corrected chi connectivity index (χ2v) is 8.81. The Hall–Kier alpha value is -1.30. The molecule has 0 atom stereocenters. The van der Waals surface area contributed by atoms with E-state index in [1.165, 1.54) is 11.1 Å². The van der Waals surface area contributed by atoms with Crippen molar-refractivity contribution >= 4 is 33.6 Å². The van der Waals surface area contributed by atoms with Crippen LogP contribution in [0, 0.1) is 6.92 Å². The molecule has 3 nitrogen and oxygen atoms in total. The van der Waals surface area contributed by atoms with Crippen LogP contribution in [-0.2, 0) is 11.3 Å². The second kappa shape index (κ2) is 9.58. The number of thioether (sulfide) groups is 1. The van der Waals surface area contributed by atoms with Crippen LogP contribution in [0.5, 0.6) is 0 Å². The molecule has 0 spiro atoms. The van der Waals surface area contributed by atoms with Gasteiger partial charge in [-0.15, -0.1) is 11.8 Å². The van der Waals surface area contributed by atoms with Gasteiger partial charge < -0.3 is 5.32 Å². The van der Waals surface area contributed by atoms with Crippen molar-refractivity contribution in [3.8, 4) is 0 Å². The maximum atomic E-state index is 12.2. The molecule has 1 fully saturated rings. The molecular formula is C21H25BrN2OS. The van der Waals surface area contributed by atoms with E-state index in [1.54, 1.807) is 11.8 Å². The third kappa shape index (κ3) is 6.15. The van der Waals surface area contributed by atoms with E-state index < -0.39 is 0 Å². The number of nitrogens with one attached hydrogen (secondary N) is 1. The van der Waals surface area contributed by atoms with E-state index in [4.69, 9.17) is 0 Å². The zero-order chi connectivity index (χ0) is 18.4. The van der Waals surface area contributed by atoms with Crippen molar-refractivity contribution in [2.75, 3.05) is 18.8 Å². The quantitative estimate of drug-likeness (QED) is 0.675. The molecule has 1 saturated heterocycles. The first kappa shape index (κ1) is 19.5. The average molecular weight is 433 g/mol. The number of aryl methyl sites for hydroxylation is 1. The number of likely N-dealkylation sites (tertiary alicyclic amines) is 1. The molecule has 1 aliphatic rings. The predicted octanol–water partition coefficient (Wildman–Crippen LogP) is 4.63. The molecule has 0 bridgehead atoms. The van der Waals surface area contributed by atoms with Crippen molar-refractivity contribution in [2.45, 2.75) is 37.2 Å². The van der Waals surface area contributed by atoms with Crippen molar-refractivity contribution in [1.29, 1.82) is 0 Å². The molecule has 0 aliphatic carbocycles. The van der Waals surface area contributed by atoms with Gasteiger partial charge in [-0.3, -0.25) is 9.69 Å². The first-order valence-electron chi connectivity index (χ1n) is 9.04. The van der Waals surface area contributed by atoms with Gasteiger partial charge in [0.25, 0.3) is 0 Å². The van der Waals surface area contributed by atoms with Crippen LogP contribution in [0.15, 0.2) is 57.9 Å². The minimum absolute atomic E-state index is 0.134. The highest BCUT2D eigenvalue weighted by molar-refractivity contribution is 9.10. The summed E-state index contributed by atoms with van der Waals surface area (Å²) in [6.07, 6.45) is 2.06. The number of benzene rings is 2. The number of nitrogens with zero attached hydrogens (tertiary/aromatic N) is 1. The second-order valence-electron chi connectivity index (χ2n) is 6.85. The highest BCUT2D eigenvalue weighted by Gasteiger charge is 2.20. The fourth-order valence-electron chi connectivity index (χ4n) is 3.25. The molecule has 1 amide bonds. The van der Waals surface area contributed by atoms with Crippen molar-refractivity contribution in [1.82, 2.24) is 10.2 Å². The van der Waals surface area contributed by atoms with E-state index >= 15 is 0 Å². The van der Waals surface area contributed by atoms with Crippen LogP contribution in [0.3, 0.4) is 0 Å². The smallest absolute Gasteiger partial charge is 0.230 e. The maximum absolute atomic E-state index is 12.2. The van der Waals surface area contributed by atoms with Gasteiger partial charge in [-0.25, -0.2) is 0 Å². The first-order chi connectivity index (χ1) is 12.6. The monoisotopic (exact) mass is 432 g/mol. The van der Waals surface area contributed by atoms with Gasteiger partial charge in [0.2, 0.25) is 5.91 Å². The van der Waals surface area contributed by atoms with E-state index in [9.17, 15) is 4.79 Å². The molecular weight excluding hydrogens is 408 g/mol. The molecule has 3 rings (SSSR count). The molecule has 1 heterocycles. The van der Waals surface area contributed by atoms with E-state index in [-0.39, 0.29) is 5.91 Å². The van der Waals surface area contributed by atoms with Crippen LogP contribution in [0.1, 0.15) is 24.0 Å². The first-order valence-corrected chi connectivity index (χ1v) is 10.8. The van der Waals surface area contributed by atoms with E-state index in [1.807, 2.05) is 24.3 Å². The van der Waals surface area contributed by atoms with Gasteiger partial charge in [-0.05, 0) is 49.6 Å². The number of carbonyl (C=O) groups excluding carboxylic acids is 1. The summed E-state index contributed by atoms with van der Waals surface area (Å²) in [5, 5.41) is 3.20. The Bertz CT molecular complexity index is 727. The molecule has 0 radical (unpaired) electrons. The number of piperidine rings is 1. The standard InChI is InChI=1S/C21H25BrN2OS/c1-16-3-2-4-17(13-16)14-24-11-9-19(10-12-24)23-21(25)15-26-20-7-5-18(22)6-8-20/h2-8,13,19H,9-12,14-15H2,1H3,(H,23,25). The van der Waals surface area contributed by atoms with Gasteiger partial charge in [0.05, 0.1) is 5.75 Å². The van der Waals surface area contributed by atoms with Crippen LogP contribution in [-0.4, -0.2) is 35.7 Å². The summed E-state index contributed by atoms with van der Waals surface area (Å²) in [5.41, 5.74) is 2.69. The van der Waals surface area contributed by atoms with Crippen LogP contribution < -0.4 is 5.32 Å². The van der Waals surface area contributed by atoms with Crippen LogP contribution >= 0.6 is 27.7 Å². The molecule has 5 heteroatoms. The normalized spacial score (nSPS) is 15.8. The Morgan fingerprint density at radius 3 is 2.62 bits per heavy atom. The molecule has 0 unspecified atom stereocenters. The predicted molar refractivity (Wildman–Crippen MR) is 112 cm³/mol. The number of hydrogen-bond donors (Lipinski definition) is 1. The van der Waals surface area contributed by atoms with Crippen LogP contribution in [0.4, 0.5) is 0 Å².